The lowest BCUT2D eigenvalue weighted by molar-refractivity contribution is 0.573. The molecule has 0 aliphatic carbocycles. The summed E-state index contributed by atoms with van der Waals surface area (Å²) < 4.78 is 20.1. The van der Waals surface area contributed by atoms with Gasteiger partial charge in [0.2, 0.25) is 5.82 Å². The molecule has 0 saturated heterocycles. The molecule has 0 spiro atoms. The Morgan fingerprint density at radius 1 is 1.08 bits per heavy atom. The minimum atomic E-state index is -0.882. The number of aromatic nitrogens is 4. The van der Waals surface area contributed by atoms with Crippen LogP contribution in [0.2, 0.25) is 0 Å². The predicted octanol–water partition coefficient (Wildman–Crippen LogP) is 4.67. The summed E-state index contributed by atoms with van der Waals surface area (Å²) in [4.78, 5) is 7.77. The molecule has 0 radical (unpaired) electrons. The lowest BCUT2D eigenvalue weighted by Gasteiger charge is -2.05. The molecule has 0 aliphatic rings. The summed E-state index contributed by atoms with van der Waals surface area (Å²) in [5, 5.41) is 4.49. The molecule has 0 fully saturated rings. The van der Waals surface area contributed by atoms with Crippen molar-refractivity contribution >= 4 is 28.8 Å². The fourth-order valence-electron chi connectivity index (χ4n) is 2.33. The first-order valence-corrected chi connectivity index (χ1v) is 7.85. The van der Waals surface area contributed by atoms with Gasteiger partial charge in [0.25, 0.3) is 0 Å². The maximum absolute atomic E-state index is 13.1. The van der Waals surface area contributed by atoms with Crippen LogP contribution in [0, 0.1) is 5.82 Å². The predicted molar refractivity (Wildman–Crippen MR) is 88.3 cm³/mol. The Hall–Kier alpha value is -2.44. The number of rotatable bonds is 3. The Morgan fingerprint density at radius 2 is 1.88 bits per heavy atom. The van der Waals surface area contributed by atoms with Gasteiger partial charge in [-0.2, -0.15) is 9.61 Å². The molecule has 0 bridgehead atoms. The number of alkyl halides is 2. The van der Waals surface area contributed by atoms with Gasteiger partial charge in [0.1, 0.15) is 5.82 Å². The van der Waals surface area contributed by atoms with E-state index in [1.807, 2.05) is 0 Å². The van der Waals surface area contributed by atoms with Crippen LogP contribution in [-0.4, -0.2) is 19.6 Å². The van der Waals surface area contributed by atoms with E-state index in [1.54, 1.807) is 30.3 Å². The van der Waals surface area contributed by atoms with Crippen LogP contribution in [0.25, 0.3) is 28.5 Å². The molecule has 0 amide bonds. The van der Waals surface area contributed by atoms with Crippen molar-refractivity contribution in [3.05, 3.63) is 60.4 Å². The van der Waals surface area contributed by atoms with Gasteiger partial charge in [0.05, 0.1) is 12.0 Å². The molecule has 4 aromatic rings. The van der Waals surface area contributed by atoms with Gasteiger partial charge in [0, 0.05) is 11.6 Å². The molecule has 0 aliphatic heterocycles. The van der Waals surface area contributed by atoms with Gasteiger partial charge in [-0.05, 0) is 36.4 Å². The van der Waals surface area contributed by atoms with Gasteiger partial charge >= 0.3 is 0 Å². The average Bonchev–Trinajstić information content (AvgIpc) is 3.24. The number of hydrogen-bond donors (Lipinski definition) is 0. The van der Waals surface area contributed by atoms with Crippen LogP contribution >= 0.6 is 23.2 Å². The lowest BCUT2D eigenvalue weighted by atomic mass is 10.1. The molecule has 1 aromatic carbocycles. The van der Waals surface area contributed by atoms with Crippen LogP contribution in [0.1, 0.15) is 10.7 Å². The van der Waals surface area contributed by atoms with Crippen molar-refractivity contribution in [3.8, 4) is 22.8 Å². The molecule has 0 unspecified atom stereocenters. The maximum Gasteiger partial charge on any atom is 0.200 e. The Morgan fingerprint density at radius 3 is 2.54 bits per heavy atom. The molecule has 0 N–H and O–H groups in total. The molecule has 8 heteroatoms. The van der Waals surface area contributed by atoms with E-state index in [2.05, 4.69) is 15.1 Å². The molecule has 24 heavy (non-hydrogen) atoms. The van der Waals surface area contributed by atoms with Crippen LogP contribution in [0.5, 0.6) is 0 Å². The quantitative estimate of drug-likeness (QED) is 0.497. The first-order chi connectivity index (χ1) is 11.6. The van der Waals surface area contributed by atoms with Gasteiger partial charge in [-0.15, -0.1) is 0 Å². The van der Waals surface area contributed by atoms with Crippen molar-refractivity contribution in [1.29, 1.82) is 0 Å². The molecule has 0 saturated carbocycles. The van der Waals surface area contributed by atoms with E-state index in [1.165, 1.54) is 22.9 Å². The van der Waals surface area contributed by atoms with E-state index in [0.717, 1.165) is 5.56 Å². The number of hydrogen-bond acceptors (Lipinski definition) is 4. The summed E-state index contributed by atoms with van der Waals surface area (Å²) in [7, 11) is 0. The van der Waals surface area contributed by atoms with E-state index < -0.39 is 4.84 Å². The van der Waals surface area contributed by atoms with Gasteiger partial charge in [-0.1, -0.05) is 23.2 Å². The summed E-state index contributed by atoms with van der Waals surface area (Å²) in [6, 6.07) is 11.3. The van der Waals surface area contributed by atoms with Crippen molar-refractivity contribution in [2.45, 2.75) is 4.84 Å². The monoisotopic (exact) mass is 362 g/mol. The van der Waals surface area contributed by atoms with E-state index in [-0.39, 0.29) is 11.6 Å². The van der Waals surface area contributed by atoms with Crippen LogP contribution in [-0.2, 0) is 0 Å². The fraction of sp³-hybridized carbons (Fsp3) is 0.0625. The van der Waals surface area contributed by atoms with Crippen LogP contribution in [0.4, 0.5) is 4.39 Å². The highest BCUT2D eigenvalue weighted by atomic mass is 35.5. The SMILES string of the molecule is Fc1ccc(-c2cc3nc(C(Cl)Cl)nc(-c4ccco4)n3n2)cc1. The zero-order valence-electron chi connectivity index (χ0n) is 12.0. The second kappa shape index (κ2) is 5.89. The molecular weight excluding hydrogens is 354 g/mol. The van der Waals surface area contributed by atoms with Gasteiger partial charge in [-0.3, -0.25) is 0 Å². The molecule has 0 atom stereocenters. The standard InChI is InChI=1S/C16H9Cl2FN4O/c17-14(18)15-20-13-8-11(9-3-5-10(19)6-4-9)22-23(13)16(21-15)12-2-1-7-24-12/h1-8,14H. The van der Waals surface area contributed by atoms with E-state index in [4.69, 9.17) is 27.6 Å². The van der Waals surface area contributed by atoms with Crippen molar-refractivity contribution in [3.63, 3.8) is 0 Å². The molecule has 4 rings (SSSR count). The second-order valence-electron chi connectivity index (χ2n) is 4.99. The van der Waals surface area contributed by atoms with Crippen LogP contribution < -0.4 is 0 Å². The third kappa shape index (κ3) is 2.64. The summed E-state index contributed by atoms with van der Waals surface area (Å²) in [5.41, 5.74) is 1.88. The summed E-state index contributed by atoms with van der Waals surface area (Å²) >= 11 is 11.8. The lowest BCUT2D eigenvalue weighted by Crippen LogP contribution is -2.04. The largest absolute Gasteiger partial charge is 0.461 e. The zero-order chi connectivity index (χ0) is 16.7. The Labute approximate surface area is 145 Å². The summed E-state index contributed by atoms with van der Waals surface area (Å²) in [6.45, 7) is 0. The van der Waals surface area contributed by atoms with Crippen molar-refractivity contribution in [2.24, 2.45) is 0 Å². The van der Waals surface area contributed by atoms with Crippen LogP contribution in [0.3, 0.4) is 0 Å². The second-order valence-corrected chi connectivity index (χ2v) is 6.09. The Balaban J connectivity index is 1.94. The number of nitrogens with zero attached hydrogens (tertiary/aromatic N) is 4. The average molecular weight is 363 g/mol. The molecule has 3 aromatic heterocycles. The van der Waals surface area contributed by atoms with E-state index in [0.29, 0.717) is 22.9 Å². The van der Waals surface area contributed by atoms with Crippen molar-refractivity contribution < 1.29 is 8.81 Å². The first kappa shape index (κ1) is 15.1. The normalized spacial score (nSPS) is 11.5. The number of fused-ring (bicyclic) bond motifs is 1. The van der Waals surface area contributed by atoms with Gasteiger partial charge in [0.15, 0.2) is 22.1 Å². The number of halogens is 3. The molecule has 5 nitrogen and oxygen atoms in total. The van der Waals surface area contributed by atoms with Crippen molar-refractivity contribution in [1.82, 2.24) is 19.6 Å². The molecule has 3 heterocycles. The Kier molecular flexibility index (Phi) is 3.70. The van der Waals surface area contributed by atoms with Gasteiger partial charge < -0.3 is 4.42 Å². The fourth-order valence-corrected chi connectivity index (χ4v) is 2.52. The molecular formula is C16H9Cl2FN4O. The van der Waals surface area contributed by atoms with Crippen LogP contribution in [0.15, 0.2) is 53.1 Å². The summed E-state index contributed by atoms with van der Waals surface area (Å²) in [6.07, 6.45) is 1.53. The van der Waals surface area contributed by atoms with Gasteiger partial charge in [-0.25, -0.2) is 14.4 Å². The Bertz CT molecular complexity index is 997. The summed E-state index contributed by atoms with van der Waals surface area (Å²) in [5.74, 6) is 0.877. The highest BCUT2D eigenvalue weighted by Gasteiger charge is 2.18. The third-order valence-electron chi connectivity index (χ3n) is 3.42. The third-order valence-corrected chi connectivity index (χ3v) is 3.81. The van der Waals surface area contributed by atoms with E-state index >= 15 is 0 Å². The van der Waals surface area contributed by atoms with E-state index in [9.17, 15) is 4.39 Å². The van der Waals surface area contributed by atoms with Crippen molar-refractivity contribution in [2.75, 3.05) is 0 Å². The molecule has 120 valence electrons. The first-order valence-electron chi connectivity index (χ1n) is 6.97. The smallest absolute Gasteiger partial charge is 0.200 e. The zero-order valence-corrected chi connectivity index (χ0v) is 13.5. The number of benzene rings is 1. The topological polar surface area (TPSA) is 56.2 Å². The highest BCUT2D eigenvalue weighted by molar-refractivity contribution is 6.43. The minimum Gasteiger partial charge on any atom is -0.461 e. The number of furan rings is 1. The maximum atomic E-state index is 13.1. The minimum absolute atomic E-state index is 0.253. The highest BCUT2D eigenvalue weighted by Crippen LogP contribution is 2.28.